The third-order valence-electron chi connectivity index (χ3n) is 1.81. The van der Waals surface area contributed by atoms with Crippen molar-refractivity contribution in [3.63, 3.8) is 0 Å². The summed E-state index contributed by atoms with van der Waals surface area (Å²) < 4.78 is 0.913. The fourth-order valence-corrected chi connectivity index (χ4v) is 3.32. The normalized spacial score (nSPS) is 10.7. The summed E-state index contributed by atoms with van der Waals surface area (Å²) in [6.45, 7) is 2.09. The lowest BCUT2D eigenvalue weighted by atomic mass is 10.3. The van der Waals surface area contributed by atoms with Crippen LogP contribution < -0.4 is 0 Å². The van der Waals surface area contributed by atoms with Gasteiger partial charge in [0.05, 0.1) is 11.0 Å². The van der Waals surface area contributed by atoms with Crippen molar-refractivity contribution in [2.45, 2.75) is 12.1 Å². The molecule has 2 rings (SSSR count). The molecule has 0 aliphatic heterocycles. The molecule has 2 aromatic rings. The molecule has 0 amide bonds. The van der Waals surface area contributed by atoms with Gasteiger partial charge in [-0.1, -0.05) is 31.3 Å². The molecule has 1 aromatic heterocycles. The van der Waals surface area contributed by atoms with E-state index in [2.05, 4.69) is 16.9 Å². The standard InChI is InChI=1S/C10H10N2S3/c1-2-14-10(13)15-9-11-7-5-3-4-6-8(7)12-9/h3-6H,2H2,1H3,(H,11,12). The van der Waals surface area contributed by atoms with Crippen molar-refractivity contribution < 1.29 is 0 Å². The van der Waals surface area contributed by atoms with Crippen LogP contribution in [0.4, 0.5) is 0 Å². The average Bonchev–Trinajstić information content (AvgIpc) is 2.59. The van der Waals surface area contributed by atoms with E-state index in [9.17, 15) is 0 Å². The number of imidazole rings is 1. The molecule has 0 aliphatic rings. The minimum Gasteiger partial charge on any atom is -0.333 e. The zero-order chi connectivity index (χ0) is 10.7. The van der Waals surface area contributed by atoms with Crippen LogP contribution in [-0.2, 0) is 0 Å². The van der Waals surface area contributed by atoms with Gasteiger partial charge in [0.15, 0.2) is 5.16 Å². The molecule has 5 heteroatoms. The van der Waals surface area contributed by atoms with Crippen molar-refractivity contribution in [2.75, 3.05) is 5.75 Å². The van der Waals surface area contributed by atoms with Crippen molar-refractivity contribution >= 4 is 50.3 Å². The van der Waals surface area contributed by atoms with E-state index in [0.29, 0.717) is 0 Å². The van der Waals surface area contributed by atoms with Gasteiger partial charge in [-0.25, -0.2) is 4.98 Å². The van der Waals surface area contributed by atoms with Gasteiger partial charge in [-0.15, -0.1) is 11.8 Å². The quantitative estimate of drug-likeness (QED) is 0.653. The molecule has 0 aliphatic carbocycles. The van der Waals surface area contributed by atoms with Gasteiger partial charge in [0.2, 0.25) is 0 Å². The molecule has 0 unspecified atom stereocenters. The zero-order valence-corrected chi connectivity index (χ0v) is 10.6. The monoisotopic (exact) mass is 254 g/mol. The van der Waals surface area contributed by atoms with Crippen LogP contribution in [-0.4, -0.2) is 19.2 Å². The van der Waals surface area contributed by atoms with E-state index in [1.165, 1.54) is 11.8 Å². The Morgan fingerprint density at radius 1 is 1.47 bits per heavy atom. The van der Waals surface area contributed by atoms with Gasteiger partial charge < -0.3 is 4.98 Å². The second kappa shape index (κ2) is 5.01. The second-order valence-corrected chi connectivity index (χ2v) is 6.30. The van der Waals surface area contributed by atoms with Gasteiger partial charge >= 0.3 is 0 Å². The predicted molar refractivity (Wildman–Crippen MR) is 72.7 cm³/mol. The first-order valence-corrected chi connectivity index (χ1v) is 6.80. The third kappa shape index (κ3) is 2.74. The number of thioether (sulfide) groups is 2. The fourth-order valence-electron chi connectivity index (χ4n) is 1.20. The van der Waals surface area contributed by atoms with Gasteiger partial charge in [-0.05, 0) is 29.6 Å². The van der Waals surface area contributed by atoms with Crippen molar-refractivity contribution in [1.29, 1.82) is 0 Å². The Morgan fingerprint density at radius 3 is 3.00 bits per heavy atom. The Morgan fingerprint density at radius 2 is 2.27 bits per heavy atom. The van der Waals surface area contributed by atoms with Crippen LogP contribution in [0, 0.1) is 0 Å². The highest BCUT2D eigenvalue weighted by molar-refractivity contribution is 8.47. The number of hydrogen-bond donors (Lipinski definition) is 1. The molecule has 0 atom stereocenters. The number of nitrogens with zero attached hydrogens (tertiary/aromatic N) is 1. The number of hydrogen-bond acceptors (Lipinski definition) is 4. The molecule has 0 radical (unpaired) electrons. The molecule has 2 nitrogen and oxygen atoms in total. The van der Waals surface area contributed by atoms with Gasteiger partial charge in [0.25, 0.3) is 0 Å². The molecule has 1 heterocycles. The number of nitrogens with one attached hydrogen (secondary N) is 1. The first-order valence-electron chi connectivity index (χ1n) is 4.59. The van der Waals surface area contributed by atoms with E-state index in [1.54, 1.807) is 11.8 Å². The van der Waals surface area contributed by atoms with Gasteiger partial charge in [0, 0.05) is 0 Å². The van der Waals surface area contributed by atoms with E-state index >= 15 is 0 Å². The maximum Gasteiger partial charge on any atom is 0.172 e. The SMILES string of the molecule is CCSC(=S)Sc1nc2ccccc2[nH]1. The maximum absolute atomic E-state index is 5.21. The minimum absolute atomic E-state index is 0.877. The summed E-state index contributed by atoms with van der Waals surface area (Å²) in [5, 5.41) is 0.877. The molecule has 15 heavy (non-hydrogen) atoms. The van der Waals surface area contributed by atoms with Crippen LogP contribution in [0.15, 0.2) is 29.4 Å². The van der Waals surface area contributed by atoms with E-state index < -0.39 is 0 Å². The number of thiocarbonyl (C=S) groups is 1. The first kappa shape index (κ1) is 11.0. The Hall–Kier alpha value is -0.520. The summed E-state index contributed by atoms with van der Waals surface area (Å²) in [5.74, 6) is 1.01. The van der Waals surface area contributed by atoms with Crippen molar-refractivity contribution in [3.05, 3.63) is 24.3 Å². The van der Waals surface area contributed by atoms with Crippen molar-refractivity contribution in [2.24, 2.45) is 0 Å². The molecular formula is C10H10N2S3. The lowest BCUT2D eigenvalue weighted by Crippen LogP contribution is -1.82. The lowest BCUT2D eigenvalue weighted by molar-refractivity contribution is 1.09. The first-order chi connectivity index (χ1) is 7.29. The zero-order valence-electron chi connectivity index (χ0n) is 8.19. The van der Waals surface area contributed by atoms with E-state index in [0.717, 1.165) is 25.5 Å². The molecule has 1 aromatic carbocycles. The number of H-pyrrole nitrogens is 1. The van der Waals surface area contributed by atoms with Gasteiger partial charge in [-0.3, -0.25) is 0 Å². The molecule has 0 saturated heterocycles. The molecular weight excluding hydrogens is 244 g/mol. The highest BCUT2D eigenvalue weighted by Gasteiger charge is 2.05. The average molecular weight is 254 g/mol. The van der Waals surface area contributed by atoms with E-state index in [1.807, 2.05) is 24.3 Å². The van der Waals surface area contributed by atoms with Crippen molar-refractivity contribution in [1.82, 2.24) is 9.97 Å². The van der Waals surface area contributed by atoms with Crippen LogP contribution in [0.2, 0.25) is 0 Å². The smallest absolute Gasteiger partial charge is 0.172 e. The highest BCUT2D eigenvalue weighted by atomic mass is 32.2. The number of para-hydroxylation sites is 2. The summed E-state index contributed by atoms with van der Waals surface area (Å²) in [4.78, 5) is 7.68. The lowest BCUT2D eigenvalue weighted by Gasteiger charge is -1.95. The molecule has 0 spiro atoms. The summed E-state index contributed by atoms with van der Waals surface area (Å²) in [6, 6.07) is 7.99. The van der Waals surface area contributed by atoms with Crippen LogP contribution in [0.1, 0.15) is 6.92 Å². The molecule has 0 fully saturated rings. The maximum atomic E-state index is 5.21. The Kier molecular flexibility index (Phi) is 3.66. The Labute approximate surface area is 102 Å². The van der Waals surface area contributed by atoms with Gasteiger partial charge in [0.1, 0.15) is 3.53 Å². The molecule has 0 bridgehead atoms. The third-order valence-corrected chi connectivity index (χ3v) is 4.09. The van der Waals surface area contributed by atoms with Gasteiger partial charge in [-0.2, -0.15) is 0 Å². The van der Waals surface area contributed by atoms with Crippen molar-refractivity contribution in [3.8, 4) is 0 Å². The minimum atomic E-state index is 0.877. The number of benzene rings is 1. The largest absolute Gasteiger partial charge is 0.333 e. The van der Waals surface area contributed by atoms with Crippen LogP contribution >= 0.6 is 35.7 Å². The topological polar surface area (TPSA) is 28.7 Å². The summed E-state index contributed by atoms with van der Waals surface area (Å²) in [7, 11) is 0. The number of fused-ring (bicyclic) bond motifs is 1. The number of rotatable bonds is 2. The Bertz CT molecular complexity index is 445. The van der Waals surface area contributed by atoms with E-state index in [4.69, 9.17) is 12.2 Å². The van der Waals surface area contributed by atoms with E-state index in [-0.39, 0.29) is 0 Å². The van der Waals surface area contributed by atoms with Crippen LogP contribution in [0.5, 0.6) is 0 Å². The predicted octanol–water partition coefficient (Wildman–Crippen LogP) is 3.69. The van der Waals surface area contributed by atoms with Crippen LogP contribution in [0.25, 0.3) is 11.0 Å². The molecule has 1 N–H and O–H groups in total. The number of aromatic nitrogens is 2. The highest BCUT2D eigenvalue weighted by Crippen LogP contribution is 2.25. The van der Waals surface area contributed by atoms with Crippen LogP contribution in [0.3, 0.4) is 0 Å². The molecule has 0 saturated carbocycles. The molecule has 78 valence electrons. The summed E-state index contributed by atoms with van der Waals surface area (Å²) >= 11 is 8.40. The Balaban J connectivity index is 2.18. The number of aromatic amines is 1. The summed E-state index contributed by atoms with van der Waals surface area (Å²) in [6.07, 6.45) is 0. The second-order valence-electron chi connectivity index (χ2n) is 2.84. The fraction of sp³-hybridized carbons (Fsp3) is 0.200. The summed E-state index contributed by atoms with van der Waals surface area (Å²) in [5.41, 5.74) is 2.05.